The summed E-state index contributed by atoms with van der Waals surface area (Å²) in [6.45, 7) is 3.62. The van der Waals surface area contributed by atoms with Crippen molar-refractivity contribution in [3.8, 4) is 0 Å². The first kappa shape index (κ1) is 3.87. The summed E-state index contributed by atoms with van der Waals surface area (Å²) in [5, 5.41) is 8.59. The van der Waals surface area contributed by atoms with E-state index in [4.69, 9.17) is 7.93 Å². The molecule has 0 unspecified atom stereocenters. The molecule has 0 aromatic carbocycles. The van der Waals surface area contributed by atoms with Gasteiger partial charge in [-0.2, -0.15) is 0 Å². The van der Waals surface area contributed by atoms with E-state index in [1.54, 1.807) is 0 Å². The highest BCUT2D eigenvalue weighted by atomic mass is 16.3. The summed E-state index contributed by atoms with van der Waals surface area (Å²) in [4.78, 5) is 0. The van der Waals surface area contributed by atoms with Crippen LogP contribution in [0.4, 0.5) is 0 Å². The first-order valence-electron chi connectivity index (χ1n) is 3.37. The van der Waals surface area contributed by atoms with Gasteiger partial charge < -0.3 is 10.8 Å². The Morgan fingerprint density at radius 3 is 2.43 bits per heavy atom. The van der Waals surface area contributed by atoms with E-state index in [-0.39, 0.29) is 18.6 Å². The molecule has 0 aliphatic carbocycles. The lowest BCUT2D eigenvalue weighted by Gasteiger charge is -2.10. The summed E-state index contributed by atoms with van der Waals surface area (Å²) < 4.78 is 13.6. The van der Waals surface area contributed by atoms with Crippen molar-refractivity contribution in [1.82, 2.24) is 0 Å². The number of hydrogen-bond donors (Lipinski definition) is 2. The van der Waals surface area contributed by atoms with Crippen molar-refractivity contribution in [2.75, 3.05) is 6.61 Å². The minimum Gasteiger partial charge on any atom is -0.395 e. The van der Waals surface area contributed by atoms with Crippen LogP contribution in [0.15, 0.2) is 0 Å². The van der Waals surface area contributed by atoms with Crippen molar-refractivity contribution < 1.29 is 7.93 Å². The van der Waals surface area contributed by atoms with Gasteiger partial charge in [-0.1, -0.05) is 13.8 Å². The van der Waals surface area contributed by atoms with Crippen LogP contribution in [0.25, 0.3) is 0 Å². The molecule has 0 saturated heterocycles. The Bertz CT molecular complexity index is 69.4. The Kier molecular flexibility index (Phi) is 1.65. The molecule has 0 fully saturated rings. The van der Waals surface area contributed by atoms with E-state index in [0.29, 0.717) is 5.72 Å². The summed E-state index contributed by atoms with van der Waals surface area (Å²) in [7, 11) is 0. The highest BCUT2D eigenvalue weighted by Gasteiger charge is 2.02. The average Bonchev–Trinajstić information content (AvgIpc) is 1.64. The van der Waals surface area contributed by atoms with Gasteiger partial charge in [0, 0.05) is 6.04 Å². The van der Waals surface area contributed by atoms with E-state index in [9.17, 15) is 0 Å². The molecule has 7 heavy (non-hydrogen) atoms. The maximum absolute atomic E-state index is 8.59. The van der Waals surface area contributed by atoms with Crippen molar-refractivity contribution in [2.45, 2.75) is 19.9 Å². The van der Waals surface area contributed by atoms with Crippen molar-refractivity contribution in [3.63, 3.8) is 0 Å². The molecular weight excluding hydrogens is 90.1 g/mol. The second-order valence-corrected chi connectivity index (χ2v) is 1.99. The standard InChI is InChI=1S/C5H13NO/c1-4(2)5(6)3-7/h4-5,7H,3,6H2,1-2H3/t5-/m1/s1/i/hD2. The van der Waals surface area contributed by atoms with Gasteiger partial charge in [-0.25, -0.2) is 0 Å². The normalized spacial score (nSPS) is 19.6. The topological polar surface area (TPSA) is 46.2 Å². The third-order valence-electron chi connectivity index (χ3n) is 0.957. The van der Waals surface area contributed by atoms with E-state index in [1.807, 2.05) is 13.8 Å². The molecule has 0 saturated carbocycles. The lowest BCUT2D eigenvalue weighted by atomic mass is 10.1. The lowest BCUT2D eigenvalue weighted by molar-refractivity contribution is 0.238. The summed E-state index contributed by atoms with van der Waals surface area (Å²) in [6, 6.07) is -0.356. The minimum atomic E-state index is -0.356. The molecule has 2 heteroatoms. The van der Waals surface area contributed by atoms with Gasteiger partial charge in [-0.05, 0) is 5.92 Å². The largest absolute Gasteiger partial charge is 0.395 e. The van der Waals surface area contributed by atoms with E-state index < -0.39 is 0 Å². The van der Waals surface area contributed by atoms with Crippen LogP contribution in [0.3, 0.4) is 0 Å². The highest BCUT2D eigenvalue weighted by molar-refractivity contribution is 4.61. The van der Waals surface area contributed by atoms with Crippen LogP contribution in [-0.4, -0.2) is 17.8 Å². The Balaban J connectivity index is 3.68. The molecule has 0 bridgehead atoms. The first-order chi connectivity index (χ1) is 4.09. The quantitative estimate of drug-likeness (QED) is 0.529. The summed E-state index contributed by atoms with van der Waals surface area (Å²) >= 11 is 0. The Labute approximate surface area is 47.3 Å². The van der Waals surface area contributed by atoms with E-state index in [1.165, 1.54) is 0 Å². The summed E-state index contributed by atoms with van der Waals surface area (Å²) in [5.74, 6) is 0.157. The maximum atomic E-state index is 8.59. The Hall–Kier alpha value is -0.0800. The molecule has 0 rings (SSSR count). The van der Waals surface area contributed by atoms with Crippen molar-refractivity contribution in [1.29, 1.82) is 0 Å². The maximum Gasteiger partial charge on any atom is 0.119 e. The lowest BCUT2D eigenvalue weighted by Crippen LogP contribution is -2.29. The summed E-state index contributed by atoms with van der Waals surface area (Å²) in [6.07, 6.45) is 0. The van der Waals surface area contributed by atoms with Crippen LogP contribution in [0.5, 0.6) is 0 Å². The van der Waals surface area contributed by atoms with Gasteiger partial charge in [0.05, 0.1) is 6.61 Å². The van der Waals surface area contributed by atoms with Gasteiger partial charge in [0.25, 0.3) is 0 Å². The fraction of sp³-hybridized carbons (Fsp3) is 1.00. The fourth-order valence-electron chi connectivity index (χ4n) is 0.211. The SMILES string of the molecule is [2H]N([2H])[C@H](CO)C(C)C. The van der Waals surface area contributed by atoms with Gasteiger partial charge in [-0.15, -0.1) is 0 Å². The van der Waals surface area contributed by atoms with Gasteiger partial charge in [0.2, 0.25) is 0 Å². The van der Waals surface area contributed by atoms with E-state index in [2.05, 4.69) is 0 Å². The monoisotopic (exact) mass is 105 g/mol. The predicted octanol–water partition coefficient (Wildman–Crippen LogP) is -0.0380. The molecule has 0 spiro atoms. The van der Waals surface area contributed by atoms with Crippen LogP contribution in [0, 0.1) is 5.92 Å². The molecule has 0 aliphatic heterocycles. The second kappa shape index (κ2) is 2.99. The number of aliphatic hydroxyl groups is 1. The van der Waals surface area contributed by atoms with Crippen LogP contribution < -0.4 is 5.72 Å². The van der Waals surface area contributed by atoms with Crippen molar-refractivity contribution >= 4 is 0 Å². The molecule has 0 heterocycles. The molecule has 0 radical (unpaired) electrons. The first-order valence-corrected chi connectivity index (χ1v) is 2.47. The molecule has 0 amide bonds. The van der Waals surface area contributed by atoms with Crippen molar-refractivity contribution in [3.05, 3.63) is 0 Å². The van der Waals surface area contributed by atoms with Crippen molar-refractivity contribution in [2.24, 2.45) is 11.6 Å². The third kappa shape index (κ3) is 2.60. The summed E-state index contributed by atoms with van der Waals surface area (Å²) in [5.41, 5.74) is 0.546. The van der Waals surface area contributed by atoms with Gasteiger partial charge >= 0.3 is 0 Å². The minimum absolute atomic E-state index is 0.120. The molecule has 1 atom stereocenters. The zero-order valence-corrected chi connectivity index (χ0v) is 4.76. The molecule has 2 nitrogen and oxygen atoms in total. The van der Waals surface area contributed by atoms with Gasteiger partial charge in [0.15, 0.2) is 0 Å². The smallest absolute Gasteiger partial charge is 0.119 e. The molecular formula is C5H13NO. The van der Waals surface area contributed by atoms with Crippen LogP contribution >= 0.6 is 0 Å². The Morgan fingerprint density at radius 1 is 1.86 bits per heavy atom. The van der Waals surface area contributed by atoms with E-state index in [0.717, 1.165) is 0 Å². The Morgan fingerprint density at radius 2 is 2.43 bits per heavy atom. The highest BCUT2D eigenvalue weighted by Crippen LogP contribution is 1.94. The third-order valence-corrected chi connectivity index (χ3v) is 0.957. The van der Waals surface area contributed by atoms with Crippen LogP contribution in [0.1, 0.15) is 13.8 Å². The zero-order valence-electron chi connectivity index (χ0n) is 6.76. The van der Waals surface area contributed by atoms with Crippen LogP contribution in [-0.2, 0) is 0 Å². The number of hydrogen-bond acceptors (Lipinski definition) is 2. The predicted molar refractivity (Wildman–Crippen MR) is 29.9 cm³/mol. The molecule has 0 aliphatic rings. The van der Waals surface area contributed by atoms with E-state index >= 15 is 0 Å². The number of aliphatic hydroxyl groups excluding tert-OH is 1. The van der Waals surface area contributed by atoms with Gasteiger partial charge in [-0.3, -0.25) is 0 Å². The average molecular weight is 105 g/mol. The molecule has 0 aromatic rings. The molecule has 3 N–H and O–H groups in total. The van der Waals surface area contributed by atoms with Crippen LogP contribution in [0.2, 0.25) is 2.82 Å². The number of rotatable bonds is 3. The second-order valence-electron chi connectivity index (χ2n) is 1.99. The van der Waals surface area contributed by atoms with Gasteiger partial charge in [0.1, 0.15) is 2.82 Å². The fourth-order valence-corrected chi connectivity index (χ4v) is 0.211. The molecule has 0 aromatic heterocycles. The number of nitrogens with two attached hydrogens (primary N) is 1. The zero-order chi connectivity index (χ0) is 7.44. The molecule has 44 valence electrons.